The van der Waals surface area contributed by atoms with Crippen LogP contribution in [0, 0.1) is 10.8 Å². The lowest BCUT2D eigenvalue weighted by atomic mass is 9.98. The number of amides is 1. The first kappa shape index (κ1) is 25.2. The molecule has 2 aliphatic rings. The number of carbonyl (C=O) groups is 1. The molecule has 2 saturated heterocycles. The van der Waals surface area contributed by atoms with Crippen LogP contribution in [0.4, 0.5) is 28.9 Å². The number of hydrogen-bond acceptors (Lipinski definition) is 9. The summed E-state index contributed by atoms with van der Waals surface area (Å²) in [6.45, 7) is 0.163. The molecule has 184 valence electrons. The third-order valence-electron chi connectivity index (χ3n) is 5.81. The number of nitrogens with zero attached hydrogens (tertiary/aromatic N) is 5. The Kier molecular flexibility index (Phi) is 8.15. The molecule has 2 fully saturated rings. The number of alkyl halides is 4. The normalized spacial score (nSPS) is 24.8. The standard InChI is InChI=1S/C19H28F4N8O2/c1-29-10-12(20)8-26-17(29)15(16(24)28-33)18(32)27-13-9-25-3-2-14(13)31-6-4-30(5-7-31)11-19(21,22)23/h2-3,9,12,15-17,26H,4-8,10-11,24H2,1H3,(H,27,32). The van der Waals surface area contributed by atoms with E-state index in [1.807, 2.05) is 4.90 Å². The molecule has 4 unspecified atom stereocenters. The summed E-state index contributed by atoms with van der Waals surface area (Å²) < 4.78 is 51.7. The van der Waals surface area contributed by atoms with Crippen molar-refractivity contribution in [2.75, 3.05) is 63.1 Å². The first-order valence-electron chi connectivity index (χ1n) is 10.5. The van der Waals surface area contributed by atoms with Crippen molar-refractivity contribution in [3.63, 3.8) is 0 Å². The quantitative estimate of drug-likeness (QED) is 0.386. The highest BCUT2D eigenvalue weighted by Gasteiger charge is 2.40. The van der Waals surface area contributed by atoms with Gasteiger partial charge in [-0.15, -0.1) is 4.91 Å². The van der Waals surface area contributed by atoms with Crippen molar-refractivity contribution in [3.05, 3.63) is 23.4 Å². The van der Waals surface area contributed by atoms with Crippen LogP contribution in [0.15, 0.2) is 23.6 Å². The smallest absolute Gasteiger partial charge is 0.367 e. The summed E-state index contributed by atoms with van der Waals surface area (Å²) in [4.78, 5) is 33.1. The molecule has 0 bridgehead atoms. The highest BCUT2D eigenvalue weighted by Crippen LogP contribution is 2.28. The Hall–Kier alpha value is -2.42. The molecule has 1 aromatic rings. The number of nitrogens with two attached hydrogens (primary N) is 1. The van der Waals surface area contributed by atoms with E-state index >= 15 is 0 Å². The van der Waals surface area contributed by atoms with Gasteiger partial charge in [0.25, 0.3) is 0 Å². The zero-order chi connectivity index (χ0) is 24.2. The summed E-state index contributed by atoms with van der Waals surface area (Å²) in [7, 11) is 1.61. The van der Waals surface area contributed by atoms with E-state index in [1.165, 1.54) is 17.3 Å². The molecule has 3 rings (SSSR count). The van der Waals surface area contributed by atoms with Gasteiger partial charge in [0.2, 0.25) is 5.91 Å². The van der Waals surface area contributed by atoms with Gasteiger partial charge < -0.3 is 16.0 Å². The molecule has 2 aliphatic heterocycles. The SMILES string of the molecule is CN1CC(F)CNC1C(C(=O)Nc1cnccc1N1CCN(CC(F)(F)F)CC1)C(N)N=O. The van der Waals surface area contributed by atoms with Crippen LogP contribution in [-0.2, 0) is 4.79 Å². The second-order valence-corrected chi connectivity index (χ2v) is 8.27. The van der Waals surface area contributed by atoms with Gasteiger partial charge in [-0.3, -0.25) is 24.9 Å². The van der Waals surface area contributed by atoms with Crippen LogP contribution in [-0.4, -0.2) is 98.2 Å². The minimum Gasteiger partial charge on any atom is -0.367 e. The van der Waals surface area contributed by atoms with Crippen molar-refractivity contribution in [3.8, 4) is 0 Å². The fourth-order valence-corrected chi connectivity index (χ4v) is 4.22. The topological polar surface area (TPSA) is 119 Å². The first-order valence-corrected chi connectivity index (χ1v) is 10.5. The van der Waals surface area contributed by atoms with Gasteiger partial charge in [0.05, 0.1) is 30.3 Å². The summed E-state index contributed by atoms with van der Waals surface area (Å²) in [6, 6.07) is 1.65. The number of nitroso groups, excluding NO2 is 1. The Morgan fingerprint density at radius 1 is 1.36 bits per heavy atom. The Morgan fingerprint density at radius 2 is 2.06 bits per heavy atom. The van der Waals surface area contributed by atoms with E-state index in [-0.39, 0.29) is 26.2 Å². The van der Waals surface area contributed by atoms with Gasteiger partial charge in [-0.25, -0.2) is 4.39 Å². The van der Waals surface area contributed by atoms with Crippen LogP contribution in [0.25, 0.3) is 0 Å². The highest BCUT2D eigenvalue weighted by atomic mass is 19.4. The van der Waals surface area contributed by atoms with E-state index in [2.05, 4.69) is 20.8 Å². The Bertz CT molecular complexity index is 821. The second kappa shape index (κ2) is 10.7. The molecule has 4 N–H and O–H groups in total. The lowest BCUT2D eigenvalue weighted by Crippen LogP contribution is -2.62. The van der Waals surface area contributed by atoms with E-state index in [4.69, 9.17) is 5.73 Å². The monoisotopic (exact) mass is 476 g/mol. The first-order chi connectivity index (χ1) is 15.6. The number of aromatic nitrogens is 1. The number of carbonyl (C=O) groups excluding carboxylic acids is 1. The van der Waals surface area contributed by atoms with Crippen LogP contribution in [0.1, 0.15) is 0 Å². The van der Waals surface area contributed by atoms with Crippen molar-refractivity contribution >= 4 is 17.3 Å². The molecule has 1 aromatic heterocycles. The predicted molar refractivity (Wildman–Crippen MR) is 114 cm³/mol. The number of anilines is 2. The molecular weight excluding hydrogens is 448 g/mol. The van der Waals surface area contributed by atoms with E-state index < -0.39 is 43.0 Å². The zero-order valence-electron chi connectivity index (χ0n) is 18.1. The molecule has 3 heterocycles. The van der Waals surface area contributed by atoms with Gasteiger partial charge in [-0.2, -0.15) is 13.2 Å². The molecule has 0 radical (unpaired) electrons. The van der Waals surface area contributed by atoms with E-state index in [9.17, 15) is 27.3 Å². The van der Waals surface area contributed by atoms with Gasteiger partial charge >= 0.3 is 6.18 Å². The molecule has 0 aromatic carbocycles. The largest absolute Gasteiger partial charge is 0.401 e. The summed E-state index contributed by atoms with van der Waals surface area (Å²) in [5.41, 5.74) is 6.74. The number of halogens is 4. The van der Waals surface area contributed by atoms with Crippen molar-refractivity contribution in [1.29, 1.82) is 0 Å². The van der Waals surface area contributed by atoms with Crippen molar-refractivity contribution < 1.29 is 22.4 Å². The molecule has 0 saturated carbocycles. The molecule has 33 heavy (non-hydrogen) atoms. The number of pyridine rings is 1. The summed E-state index contributed by atoms with van der Waals surface area (Å²) in [5, 5.41) is 8.43. The molecular formula is C19H28F4N8O2. The molecule has 10 nitrogen and oxygen atoms in total. The maximum absolute atomic E-state index is 13.7. The molecule has 0 aliphatic carbocycles. The van der Waals surface area contributed by atoms with Crippen molar-refractivity contribution in [2.24, 2.45) is 16.8 Å². The van der Waals surface area contributed by atoms with Crippen LogP contribution < -0.4 is 21.3 Å². The van der Waals surface area contributed by atoms with E-state index in [1.54, 1.807) is 18.0 Å². The summed E-state index contributed by atoms with van der Waals surface area (Å²) >= 11 is 0. The molecule has 1 amide bonds. The third kappa shape index (κ3) is 6.56. The van der Waals surface area contributed by atoms with E-state index in [0.29, 0.717) is 24.5 Å². The molecule has 14 heteroatoms. The number of nitrogens with one attached hydrogen (secondary N) is 2. The summed E-state index contributed by atoms with van der Waals surface area (Å²) in [6.07, 6.45) is -4.55. The van der Waals surface area contributed by atoms with Crippen LogP contribution in [0.2, 0.25) is 0 Å². The van der Waals surface area contributed by atoms with Gasteiger partial charge in [-0.1, -0.05) is 5.18 Å². The van der Waals surface area contributed by atoms with Crippen LogP contribution in [0.3, 0.4) is 0 Å². The zero-order valence-corrected chi connectivity index (χ0v) is 18.1. The van der Waals surface area contributed by atoms with E-state index in [0.717, 1.165) is 0 Å². The van der Waals surface area contributed by atoms with Crippen molar-refractivity contribution in [1.82, 2.24) is 20.1 Å². The Labute approximate surface area is 188 Å². The number of piperazine rings is 1. The average Bonchev–Trinajstić information content (AvgIpc) is 2.75. The predicted octanol–water partition coefficient (Wildman–Crippen LogP) is 0.571. The average molecular weight is 476 g/mol. The third-order valence-corrected chi connectivity index (χ3v) is 5.81. The molecule has 0 spiro atoms. The fraction of sp³-hybridized carbons (Fsp3) is 0.684. The van der Waals surface area contributed by atoms with Gasteiger partial charge in [0.15, 0.2) is 6.17 Å². The Morgan fingerprint density at radius 3 is 2.67 bits per heavy atom. The minimum absolute atomic E-state index is 0.00467. The van der Waals surface area contributed by atoms with Crippen LogP contribution >= 0.6 is 0 Å². The Balaban J connectivity index is 1.72. The molecule has 4 atom stereocenters. The van der Waals surface area contributed by atoms with Gasteiger partial charge in [-0.05, 0) is 13.1 Å². The minimum atomic E-state index is -4.26. The number of hydrogen-bond donors (Lipinski definition) is 3. The lowest BCUT2D eigenvalue weighted by Gasteiger charge is -2.40. The number of rotatable bonds is 7. The lowest BCUT2D eigenvalue weighted by molar-refractivity contribution is -0.146. The van der Waals surface area contributed by atoms with Gasteiger partial charge in [0.1, 0.15) is 12.1 Å². The summed E-state index contributed by atoms with van der Waals surface area (Å²) in [5.74, 6) is -1.72. The maximum Gasteiger partial charge on any atom is 0.401 e. The highest BCUT2D eigenvalue weighted by molar-refractivity contribution is 5.96. The fourth-order valence-electron chi connectivity index (χ4n) is 4.22. The second-order valence-electron chi connectivity index (χ2n) is 8.27. The van der Waals surface area contributed by atoms with Crippen molar-refractivity contribution in [2.45, 2.75) is 24.7 Å². The van der Waals surface area contributed by atoms with Crippen LogP contribution in [0.5, 0.6) is 0 Å². The van der Waals surface area contributed by atoms with Gasteiger partial charge in [0, 0.05) is 45.5 Å². The maximum atomic E-state index is 13.7.